The lowest BCUT2D eigenvalue weighted by atomic mass is 10.1. The van der Waals surface area contributed by atoms with Crippen LogP contribution in [-0.4, -0.2) is 23.6 Å². The van der Waals surface area contributed by atoms with Gasteiger partial charge in [0.25, 0.3) is 0 Å². The van der Waals surface area contributed by atoms with E-state index in [2.05, 4.69) is 27.0 Å². The van der Waals surface area contributed by atoms with Gasteiger partial charge in [0, 0.05) is 5.56 Å². The van der Waals surface area contributed by atoms with Gasteiger partial charge in [-0.15, -0.1) is 0 Å². The van der Waals surface area contributed by atoms with Crippen LogP contribution in [0.4, 0.5) is 0 Å². The molecule has 0 bridgehead atoms. The minimum atomic E-state index is 0.439. The second-order valence-corrected chi connectivity index (χ2v) is 5.34. The van der Waals surface area contributed by atoms with Gasteiger partial charge in [-0.3, -0.25) is 4.40 Å². The molecule has 3 rings (SSSR count). The van der Waals surface area contributed by atoms with Crippen molar-refractivity contribution in [2.75, 3.05) is 14.2 Å². The molecule has 0 fully saturated rings. The van der Waals surface area contributed by atoms with Crippen molar-refractivity contribution in [3.63, 3.8) is 0 Å². The summed E-state index contributed by atoms with van der Waals surface area (Å²) in [7, 11) is 3.18. The molecule has 0 N–H and O–H groups in total. The molecular weight excluding hydrogens is 346 g/mol. The Morgan fingerprint density at radius 3 is 2.68 bits per heavy atom. The lowest BCUT2D eigenvalue weighted by Gasteiger charge is -2.09. The summed E-state index contributed by atoms with van der Waals surface area (Å²) in [6, 6.07) is 13.2. The molecule has 0 unspecified atom stereocenters. The summed E-state index contributed by atoms with van der Waals surface area (Å²) >= 11 is 3.45. The number of rotatable bonds is 3. The van der Waals surface area contributed by atoms with E-state index in [0.29, 0.717) is 34.1 Å². The number of benzene rings is 1. The quantitative estimate of drug-likeness (QED) is 0.671. The van der Waals surface area contributed by atoms with Crippen molar-refractivity contribution < 1.29 is 9.47 Å². The smallest absolute Gasteiger partial charge is 0.153 e. The summed E-state index contributed by atoms with van der Waals surface area (Å²) in [4.78, 5) is 4.57. The summed E-state index contributed by atoms with van der Waals surface area (Å²) in [5.74, 6) is 1.31. The molecular formula is C16H12BrN3O2. The number of imidazole rings is 1. The molecule has 110 valence electrons. The molecule has 0 spiro atoms. The molecule has 0 aliphatic heterocycles. The highest BCUT2D eigenvalue weighted by Gasteiger charge is 2.19. The van der Waals surface area contributed by atoms with Gasteiger partial charge in [-0.1, -0.05) is 6.07 Å². The minimum absolute atomic E-state index is 0.439. The maximum absolute atomic E-state index is 9.58. The van der Waals surface area contributed by atoms with Crippen molar-refractivity contribution >= 4 is 21.6 Å². The molecule has 0 amide bonds. The normalized spacial score (nSPS) is 10.5. The van der Waals surface area contributed by atoms with Gasteiger partial charge in [-0.05, 0) is 46.3 Å². The van der Waals surface area contributed by atoms with Crippen LogP contribution in [0.2, 0.25) is 0 Å². The molecule has 0 saturated carbocycles. The zero-order chi connectivity index (χ0) is 15.7. The van der Waals surface area contributed by atoms with Crippen LogP contribution in [0.15, 0.2) is 41.0 Å². The van der Waals surface area contributed by atoms with E-state index in [4.69, 9.17) is 9.47 Å². The van der Waals surface area contributed by atoms with E-state index in [9.17, 15) is 5.26 Å². The largest absolute Gasteiger partial charge is 0.497 e. The summed E-state index contributed by atoms with van der Waals surface area (Å²) < 4.78 is 13.2. The van der Waals surface area contributed by atoms with Gasteiger partial charge in [0.15, 0.2) is 5.69 Å². The maximum Gasteiger partial charge on any atom is 0.153 e. The van der Waals surface area contributed by atoms with Gasteiger partial charge >= 0.3 is 0 Å². The number of ether oxygens (including phenoxy) is 2. The molecule has 3 aromatic rings. The average molecular weight is 358 g/mol. The third-order valence-electron chi connectivity index (χ3n) is 3.36. The van der Waals surface area contributed by atoms with Crippen LogP contribution in [-0.2, 0) is 0 Å². The highest BCUT2D eigenvalue weighted by Crippen LogP contribution is 2.35. The summed E-state index contributed by atoms with van der Waals surface area (Å²) in [5.41, 5.74) is 2.40. The first kappa shape index (κ1) is 14.4. The molecule has 2 heterocycles. The third kappa shape index (κ3) is 2.20. The van der Waals surface area contributed by atoms with Crippen LogP contribution in [0.25, 0.3) is 16.9 Å². The lowest BCUT2D eigenvalue weighted by Crippen LogP contribution is -1.94. The van der Waals surface area contributed by atoms with Crippen molar-refractivity contribution in [2.24, 2.45) is 0 Å². The molecule has 22 heavy (non-hydrogen) atoms. The van der Waals surface area contributed by atoms with Gasteiger partial charge in [0.1, 0.15) is 28.9 Å². The van der Waals surface area contributed by atoms with Crippen molar-refractivity contribution in [1.82, 2.24) is 9.38 Å². The van der Waals surface area contributed by atoms with Crippen LogP contribution in [0.1, 0.15) is 5.69 Å². The van der Waals surface area contributed by atoms with E-state index in [1.165, 1.54) is 0 Å². The Bertz CT molecular complexity index is 896. The van der Waals surface area contributed by atoms with Crippen molar-refractivity contribution in [2.45, 2.75) is 0 Å². The minimum Gasteiger partial charge on any atom is -0.497 e. The fourth-order valence-electron chi connectivity index (χ4n) is 2.34. The van der Waals surface area contributed by atoms with Gasteiger partial charge in [-0.25, -0.2) is 4.98 Å². The Labute approximate surface area is 135 Å². The fraction of sp³-hybridized carbons (Fsp3) is 0.125. The Hall–Kier alpha value is -2.52. The van der Waals surface area contributed by atoms with E-state index < -0.39 is 0 Å². The molecule has 2 aromatic heterocycles. The molecule has 5 nitrogen and oxygen atoms in total. The number of pyridine rings is 1. The zero-order valence-electron chi connectivity index (χ0n) is 12.0. The van der Waals surface area contributed by atoms with Gasteiger partial charge < -0.3 is 9.47 Å². The molecule has 6 heteroatoms. The monoisotopic (exact) mass is 357 g/mol. The van der Waals surface area contributed by atoms with Crippen LogP contribution in [0.5, 0.6) is 11.5 Å². The predicted octanol–water partition coefficient (Wildman–Crippen LogP) is 3.65. The van der Waals surface area contributed by atoms with Gasteiger partial charge in [0.05, 0.1) is 18.8 Å². The first-order valence-electron chi connectivity index (χ1n) is 6.49. The predicted molar refractivity (Wildman–Crippen MR) is 86.1 cm³/mol. The number of fused-ring (bicyclic) bond motifs is 1. The molecule has 0 saturated heterocycles. The highest BCUT2D eigenvalue weighted by atomic mass is 79.9. The molecule has 0 aliphatic rings. The molecule has 0 aliphatic carbocycles. The van der Waals surface area contributed by atoms with Crippen molar-refractivity contribution in [1.29, 1.82) is 5.26 Å². The topological polar surface area (TPSA) is 59.6 Å². The van der Waals surface area contributed by atoms with E-state index in [1.54, 1.807) is 30.8 Å². The number of hydrogen-bond donors (Lipinski definition) is 0. The number of methoxy groups -OCH3 is 2. The Balaban J connectivity index is 2.36. The Morgan fingerprint density at radius 1 is 1.18 bits per heavy atom. The first-order chi connectivity index (χ1) is 10.7. The fourth-order valence-corrected chi connectivity index (χ4v) is 2.86. The second-order valence-electron chi connectivity index (χ2n) is 4.53. The van der Waals surface area contributed by atoms with E-state index in [-0.39, 0.29) is 0 Å². The number of aromatic nitrogens is 2. The SMILES string of the molecule is COc1ccc(OC)c(-c2nc3cccc(Br)n3c2C#N)c1. The first-order valence-corrected chi connectivity index (χ1v) is 7.28. The summed E-state index contributed by atoms with van der Waals surface area (Å²) in [6.07, 6.45) is 0. The van der Waals surface area contributed by atoms with Crippen LogP contribution < -0.4 is 9.47 Å². The van der Waals surface area contributed by atoms with Crippen LogP contribution in [0.3, 0.4) is 0 Å². The zero-order valence-corrected chi connectivity index (χ0v) is 13.6. The maximum atomic E-state index is 9.58. The number of nitrogens with zero attached hydrogens (tertiary/aromatic N) is 3. The molecule has 0 radical (unpaired) electrons. The standard InChI is InChI=1S/C16H12BrN3O2/c1-21-10-6-7-13(22-2)11(8-10)16-12(9-18)20-14(17)4-3-5-15(20)19-16/h3-8H,1-2H3. The highest BCUT2D eigenvalue weighted by molar-refractivity contribution is 9.10. The average Bonchev–Trinajstić information content (AvgIpc) is 2.94. The number of hydrogen-bond acceptors (Lipinski definition) is 4. The van der Waals surface area contributed by atoms with Crippen molar-refractivity contribution in [3.05, 3.63) is 46.7 Å². The van der Waals surface area contributed by atoms with Gasteiger partial charge in [0.2, 0.25) is 0 Å². The van der Waals surface area contributed by atoms with Crippen LogP contribution in [0, 0.1) is 11.3 Å². The number of halogens is 1. The van der Waals surface area contributed by atoms with E-state index in [1.807, 2.05) is 24.3 Å². The molecule has 0 atom stereocenters. The Morgan fingerprint density at radius 2 is 2.00 bits per heavy atom. The summed E-state index contributed by atoms with van der Waals surface area (Å²) in [6.45, 7) is 0. The van der Waals surface area contributed by atoms with Gasteiger partial charge in [-0.2, -0.15) is 5.26 Å². The van der Waals surface area contributed by atoms with Crippen LogP contribution >= 0.6 is 15.9 Å². The van der Waals surface area contributed by atoms with E-state index in [0.717, 1.165) is 4.60 Å². The Kier molecular flexibility index (Phi) is 3.73. The van der Waals surface area contributed by atoms with E-state index >= 15 is 0 Å². The molecule has 1 aromatic carbocycles. The van der Waals surface area contributed by atoms with Crippen molar-refractivity contribution in [3.8, 4) is 28.8 Å². The summed E-state index contributed by atoms with van der Waals surface area (Å²) in [5, 5.41) is 9.58. The number of nitriles is 1. The second kappa shape index (κ2) is 5.70. The lowest BCUT2D eigenvalue weighted by molar-refractivity contribution is 0.404. The third-order valence-corrected chi connectivity index (χ3v) is 3.98.